The third-order valence-corrected chi connectivity index (χ3v) is 3.34. The molecule has 2 heterocycles. The molecule has 0 unspecified atom stereocenters. The summed E-state index contributed by atoms with van der Waals surface area (Å²) >= 11 is 0. The number of hydrazine groups is 2. The summed E-state index contributed by atoms with van der Waals surface area (Å²) in [7, 11) is 0. The molecular weight excluding hydrogens is 276 g/mol. The molecule has 0 amide bonds. The second-order valence-corrected chi connectivity index (χ2v) is 4.77. The lowest BCUT2D eigenvalue weighted by Crippen LogP contribution is -2.35. The summed E-state index contributed by atoms with van der Waals surface area (Å²) in [5.41, 5.74) is 11.9. The fraction of sp³-hybridized carbons (Fsp3) is 0. The van der Waals surface area contributed by atoms with Crippen LogP contribution in [-0.4, -0.2) is 16.0 Å². The van der Waals surface area contributed by atoms with Crippen LogP contribution in [0.4, 0.5) is 0 Å². The average Bonchev–Trinajstić information content (AvgIpc) is 3.23. The van der Waals surface area contributed by atoms with E-state index >= 15 is 0 Å². The number of nitrogens with zero attached hydrogens (tertiary/aromatic N) is 2. The van der Waals surface area contributed by atoms with Crippen LogP contribution in [0.1, 0.15) is 16.8 Å². The first-order valence-corrected chi connectivity index (χ1v) is 6.79. The number of amidine groups is 1. The minimum Gasteiger partial charge on any atom is -0.285 e. The van der Waals surface area contributed by atoms with E-state index in [1.54, 1.807) is 0 Å². The van der Waals surface area contributed by atoms with Gasteiger partial charge in [-0.25, -0.2) is 5.53 Å². The van der Waals surface area contributed by atoms with Crippen LogP contribution in [0.2, 0.25) is 0 Å². The Hall–Kier alpha value is -3.30. The first-order chi connectivity index (χ1) is 10.9. The zero-order valence-corrected chi connectivity index (χ0v) is 11.5. The van der Waals surface area contributed by atoms with Gasteiger partial charge in [-0.2, -0.15) is 5.10 Å². The minimum absolute atomic E-state index is 0.722. The van der Waals surface area contributed by atoms with Crippen molar-refractivity contribution in [1.29, 1.82) is 0 Å². The van der Waals surface area contributed by atoms with Crippen LogP contribution in [0.5, 0.6) is 0 Å². The van der Waals surface area contributed by atoms with E-state index in [9.17, 15) is 0 Å². The fourth-order valence-electron chi connectivity index (χ4n) is 2.25. The Balaban J connectivity index is 1.75. The summed E-state index contributed by atoms with van der Waals surface area (Å²) < 4.78 is 0. The van der Waals surface area contributed by atoms with Crippen LogP contribution in [0.15, 0.2) is 53.6 Å². The van der Waals surface area contributed by atoms with E-state index in [1.807, 2.05) is 48.5 Å². The molecule has 0 bridgehead atoms. The van der Waals surface area contributed by atoms with Crippen LogP contribution in [-0.2, 0) is 0 Å². The van der Waals surface area contributed by atoms with Crippen LogP contribution < -0.4 is 16.5 Å². The number of hydrazone groups is 1. The second kappa shape index (κ2) is 5.24. The van der Waals surface area contributed by atoms with Gasteiger partial charge in [-0.1, -0.05) is 24.1 Å². The van der Waals surface area contributed by atoms with Gasteiger partial charge < -0.3 is 0 Å². The van der Waals surface area contributed by atoms with Gasteiger partial charge in [0.05, 0.1) is 5.52 Å². The van der Waals surface area contributed by atoms with Crippen LogP contribution in [0, 0.1) is 11.8 Å². The quantitative estimate of drug-likeness (QED) is 0.508. The van der Waals surface area contributed by atoms with Crippen LogP contribution in [0.25, 0.3) is 10.9 Å². The Morgan fingerprint density at radius 1 is 0.955 bits per heavy atom. The van der Waals surface area contributed by atoms with Crippen molar-refractivity contribution in [2.45, 2.75) is 0 Å². The molecule has 0 aliphatic carbocycles. The van der Waals surface area contributed by atoms with E-state index in [0.717, 1.165) is 33.6 Å². The number of hydrogen-bond donors (Lipinski definition) is 4. The van der Waals surface area contributed by atoms with Gasteiger partial charge in [0.15, 0.2) is 5.84 Å². The molecule has 106 valence electrons. The Labute approximate surface area is 126 Å². The Morgan fingerprint density at radius 2 is 1.86 bits per heavy atom. The van der Waals surface area contributed by atoms with Gasteiger partial charge in [-0.15, -0.1) is 10.6 Å². The first kappa shape index (κ1) is 12.4. The third kappa shape index (κ3) is 2.26. The van der Waals surface area contributed by atoms with Gasteiger partial charge in [0, 0.05) is 16.5 Å². The van der Waals surface area contributed by atoms with Gasteiger partial charge in [0.1, 0.15) is 5.69 Å². The van der Waals surface area contributed by atoms with Crippen molar-refractivity contribution in [3.05, 3.63) is 65.4 Å². The van der Waals surface area contributed by atoms with Crippen LogP contribution >= 0.6 is 0 Å². The maximum atomic E-state index is 4.29. The molecule has 1 aromatic heterocycles. The molecule has 0 fully saturated rings. The van der Waals surface area contributed by atoms with Gasteiger partial charge in [-0.05, 0) is 36.3 Å². The molecule has 6 heteroatoms. The normalized spacial score (nSPS) is 13.0. The van der Waals surface area contributed by atoms with Gasteiger partial charge >= 0.3 is 0 Å². The van der Waals surface area contributed by atoms with Crippen molar-refractivity contribution < 1.29 is 0 Å². The fourth-order valence-corrected chi connectivity index (χ4v) is 2.25. The molecule has 4 rings (SSSR count). The largest absolute Gasteiger partial charge is 0.285 e. The lowest BCUT2D eigenvalue weighted by atomic mass is 10.1. The highest BCUT2D eigenvalue weighted by atomic mass is 15.8. The second-order valence-electron chi connectivity index (χ2n) is 4.77. The SMILES string of the molecule is C(#Cc1n[nH]c2ccc(C3=NNNN3)cc12)c1ccccc1. The summed E-state index contributed by atoms with van der Waals surface area (Å²) in [5.74, 6) is 6.97. The standard InChI is InChI=1S/C16H12N6/c1-2-4-11(5-3-1)6-8-14-13-10-12(16-19-21-22-20-16)7-9-15(13)18-17-14/h1-5,7,9-10,21-22H,(H,17,18)(H,19,20). The summed E-state index contributed by atoms with van der Waals surface area (Å²) in [4.78, 5) is 0. The molecule has 2 aromatic carbocycles. The maximum Gasteiger partial charge on any atom is 0.170 e. The zero-order chi connectivity index (χ0) is 14.8. The van der Waals surface area contributed by atoms with Crippen molar-refractivity contribution in [2.75, 3.05) is 0 Å². The number of hydrogen-bond acceptors (Lipinski definition) is 5. The molecule has 22 heavy (non-hydrogen) atoms. The molecule has 0 spiro atoms. The molecule has 0 radical (unpaired) electrons. The highest BCUT2D eigenvalue weighted by Crippen LogP contribution is 2.17. The smallest absolute Gasteiger partial charge is 0.170 e. The highest BCUT2D eigenvalue weighted by molar-refractivity contribution is 6.02. The molecular formula is C16H12N6. The number of fused-ring (bicyclic) bond motifs is 1. The summed E-state index contributed by atoms with van der Waals surface area (Å²) in [5, 5.41) is 12.4. The lowest BCUT2D eigenvalue weighted by Gasteiger charge is -2.00. The van der Waals surface area contributed by atoms with Crippen molar-refractivity contribution >= 4 is 16.7 Å². The summed E-state index contributed by atoms with van der Waals surface area (Å²) in [6.07, 6.45) is 0. The Bertz CT molecular complexity index is 914. The molecule has 0 atom stereocenters. The zero-order valence-electron chi connectivity index (χ0n) is 11.5. The van der Waals surface area contributed by atoms with E-state index in [1.165, 1.54) is 0 Å². The van der Waals surface area contributed by atoms with Crippen LogP contribution in [0.3, 0.4) is 0 Å². The summed E-state index contributed by atoms with van der Waals surface area (Å²) in [6, 6.07) is 15.8. The number of aromatic amines is 1. The molecule has 0 saturated carbocycles. The molecule has 0 saturated heterocycles. The number of benzene rings is 2. The van der Waals surface area contributed by atoms with Crippen molar-refractivity contribution in [1.82, 2.24) is 26.7 Å². The van der Waals surface area contributed by atoms with Crippen molar-refractivity contribution in [2.24, 2.45) is 5.10 Å². The monoisotopic (exact) mass is 288 g/mol. The van der Waals surface area contributed by atoms with Gasteiger partial charge in [0.25, 0.3) is 0 Å². The summed E-state index contributed by atoms with van der Waals surface area (Å²) in [6.45, 7) is 0. The van der Waals surface area contributed by atoms with E-state index in [0.29, 0.717) is 0 Å². The van der Waals surface area contributed by atoms with E-state index < -0.39 is 0 Å². The predicted octanol–water partition coefficient (Wildman–Crippen LogP) is 1.24. The van der Waals surface area contributed by atoms with Crippen molar-refractivity contribution in [3.8, 4) is 11.8 Å². The van der Waals surface area contributed by atoms with E-state index in [4.69, 9.17) is 0 Å². The Kier molecular flexibility index (Phi) is 2.96. The minimum atomic E-state index is 0.722. The van der Waals surface area contributed by atoms with E-state index in [2.05, 4.69) is 43.6 Å². The van der Waals surface area contributed by atoms with Crippen molar-refractivity contribution in [3.63, 3.8) is 0 Å². The first-order valence-electron chi connectivity index (χ1n) is 6.79. The number of rotatable bonds is 1. The average molecular weight is 288 g/mol. The predicted molar refractivity (Wildman–Crippen MR) is 84.5 cm³/mol. The molecule has 1 aliphatic heterocycles. The molecule has 4 N–H and O–H groups in total. The maximum absolute atomic E-state index is 4.29. The topological polar surface area (TPSA) is 77.1 Å². The third-order valence-electron chi connectivity index (χ3n) is 3.34. The number of H-pyrrole nitrogens is 1. The van der Waals surface area contributed by atoms with Gasteiger partial charge in [0.2, 0.25) is 0 Å². The number of aromatic nitrogens is 2. The lowest BCUT2D eigenvalue weighted by molar-refractivity contribution is 0.577. The number of nitrogens with one attached hydrogen (secondary N) is 4. The highest BCUT2D eigenvalue weighted by Gasteiger charge is 2.10. The van der Waals surface area contributed by atoms with E-state index in [-0.39, 0.29) is 0 Å². The Morgan fingerprint density at radius 3 is 2.68 bits per heavy atom. The van der Waals surface area contributed by atoms with Gasteiger partial charge in [-0.3, -0.25) is 10.5 Å². The molecule has 3 aromatic rings. The molecule has 1 aliphatic rings. The molecule has 6 nitrogen and oxygen atoms in total.